The summed E-state index contributed by atoms with van der Waals surface area (Å²) in [6.07, 6.45) is -1.90. The van der Waals surface area contributed by atoms with Crippen molar-refractivity contribution in [2.45, 2.75) is 6.36 Å². The Morgan fingerprint density at radius 1 is 1.12 bits per heavy atom. The van der Waals surface area contributed by atoms with Crippen LogP contribution in [0.3, 0.4) is 0 Å². The maximum Gasteiger partial charge on any atom is 0.573 e. The van der Waals surface area contributed by atoms with Crippen molar-refractivity contribution in [3.05, 3.63) is 60.4 Å². The first-order valence-electron chi connectivity index (χ1n) is 6.97. The molecule has 1 heterocycles. The van der Waals surface area contributed by atoms with E-state index in [0.29, 0.717) is 0 Å². The molecule has 2 rings (SSSR count). The number of ketones is 1. The standard InChI is InChI=1S/C17H15F3N2O2/c1-22(2)11-10-15(23)14-8-5-7-13(21-14)12-6-3-4-9-16(12)24-17(18,19)20/h3-11H,1-2H3. The average Bonchev–Trinajstić information content (AvgIpc) is 2.51. The zero-order chi connectivity index (χ0) is 17.7. The molecule has 4 nitrogen and oxygen atoms in total. The van der Waals surface area contributed by atoms with Gasteiger partial charge in [-0.3, -0.25) is 4.79 Å². The Bertz CT molecular complexity index is 755. The lowest BCUT2D eigenvalue weighted by molar-refractivity contribution is -0.274. The fraction of sp³-hybridized carbons (Fsp3) is 0.176. The topological polar surface area (TPSA) is 42.4 Å². The van der Waals surface area contributed by atoms with Gasteiger partial charge in [0.15, 0.2) is 0 Å². The summed E-state index contributed by atoms with van der Waals surface area (Å²) in [5.41, 5.74) is 0.507. The van der Waals surface area contributed by atoms with Gasteiger partial charge in [0.2, 0.25) is 5.78 Å². The minimum absolute atomic E-state index is 0.132. The Hall–Kier alpha value is -2.83. The highest BCUT2D eigenvalue weighted by molar-refractivity contribution is 6.03. The molecule has 0 spiro atoms. The predicted molar refractivity (Wildman–Crippen MR) is 83.5 cm³/mol. The zero-order valence-corrected chi connectivity index (χ0v) is 13.0. The van der Waals surface area contributed by atoms with Crippen LogP contribution in [0.2, 0.25) is 0 Å². The Morgan fingerprint density at radius 3 is 2.50 bits per heavy atom. The molecule has 24 heavy (non-hydrogen) atoms. The third-order valence-corrected chi connectivity index (χ3v) is 2.91. The number of benzene rings is 1. The van der Waals surface area contributed by atoms with Gasteiger partial charge < -0.3 is 9.64 Å². The van der Waals surface area contributed by atoms with E-state index >= 15 is 0 Å². The second kappa shape index (κ2) is 7.16. The fourth-order valence-corrected chi connectivity index (χ4v) is 1.92. The highest BCUT2D eigenvalue weighted by Crippen LogP contribution is 2.32. The summed E-state index contributed by atoms with van der Waals surface area (Å²) in [7, 11) is 3.52. The van der Waals surface area contributed by atoms with E-state index in [2.05, 4.69) is 9.72 Å². The monoisotopic (exact) mass is 336 g/mol. The molecule has 0 fully saturated rings. The molecule has 2 aromatic rings. The summed E-state index contributed by atoms with van der Waals surface area (Å²) in [6.45, 7) is 0. The number of carbonyl (C=O) groups excluding carboxylic acids is 1. The smallest absolute Gasteiger partial charge is 0.405 e. The number of aromatic nitrogens is 1. The molecule has 0 atom stereocenters. The molecular weight excluding hydrogens is 321 g/mol. The van der Waals surface area contributed by atoms with E-state index < -0.39 is 6.36 Å². The number of hydrogen-bond acceptors (Lipinski definition) is 4. The maximum atomic E-state index is 12.5. The van der Waals surface area contributed by atoms with E-state index in [1.165, 1.54) is 36.4 Å². The van der Waals surface area contributed by atoms with Gasteiger partial charge in [0.25, 0.3) is 0 Å². The molecule has 0 aliphatic carbocycles. The van der Waals surface area contributed by atoms with Crippen LogP contribution in [0.15, 0.2) is 54.7 Å². The molecule has 0 aliphatic rings. The minimum atomic E-state index is -4.81. The SMILES string of the molecule is CN(C)C=CC(=O)c1cccc(-c2ccccc2OC(F)(F)F)n1. The van der Waals surface area contributed by atoms with E-state index in [4.69, 9.17) is 0 Å². The van der Waals surface area contributed by atoms with Crippen molar-refractivity contribution < 1.29 is 22.7 Å². The average molecular weight is 336 g/mol. The number of halogens is 3. The molecule has 0 aliphatic heterocycles. The third-order valence-electron chi connectivity index (χ3n) is 2.91. The van der Waals surface area contributed by atoms with Crippen LogP contribution in [0.4, 0.5) is 13.2 Å². The molecule has 7 heteroatoms. The second-order valence-corrected chi connectivity index (χ2v) is 5.10. The molecule has 0 saturated heterocycles. The Morgan fingerprint density at radius 2 is 1.83 bits per heavy atom. The lowest BCUT2D eigenvalue weighted by atomic mass is 10.1. The Labute approximate surface area is 137 Å². The molecule has 0 unspecified atom stereocenters. The van der Waals surface area contributed by atoms with Gasteiger partial charge in [-0.15, -0.1) is 13.2 Å². The molecular formula is C17H15F3N2O2. The first-order chi connectivity index (χ1) is 11.3. The van der Waals surface area contributed by atoms with Gasteiger partial charge in [0.1, 0.15) is 11.4 Å². The number of para-hydroxylation sites is 1. The normalized spacial score (nSPS) is 11.5. The van der Waals surface area contributed by atoms with E-state index in [9.17, 15) is 18.0 Å². The molecule has 1 aromatic heterocycles. The molecule has 1 aromatic carbocycles. The summed E-state index contributed by atoms with van der Waals surface area (Å²) >= 11 is 0. The molecule has 126 valence electrons. The van der Waals surface area contributed by atoms with Gasteiger partial charge in [-0.1, -0.05) is 18.2 Å². The third kappa shape index (κ3) is 4.84. The minimum Gasteiger partial charge on any atom is -0.405 e. The van der Waals surface area contributed by atoms with Crippen LogP contribution in [0.25, 0.3) is 11.3 Å². The van der Waals surface area contributed by atoms with Crippen LogP contribution in [0, 0.1) is 0 Å². The van der Waals surface area contributed by atoms with Gasteiger partial charge in [0.05, 0.1) is 5.69 Å². The van der Waals surface area contributed by atoms with Crippen molar-refractivity contribution in [1.29, 1.82) is 0 Å². The van der Waals surface area contributed by atoms with E-state index in [0.717, 1.165) is 0 Å². The molecule has 0 amide bonds. The van der Waals surface area contributed by atoms with Gasteiger partial charge in [-0.25, -0.2) is 4.98 Å². The summed E-state index contributed by atoms with van der Waals surface area (Å²) in [6, 6.07) is 10.2. The maximum absolute atomic E-state index is 12.5. The van der Waals surface area contributed by atoms with Crippen molar-refractivity contribution in [2.24, 2.45) is 0 Å². The number of ether oxygens (including phenoxy) is 1. The van der Waals surface area contributed by atoms with Crippen LogP contribution in [-0.2, 0) is 0 Å². The first-order valence-corrected chi connectivity index (χ1v) is 6.97. The van der Waals surface area contributed by atoms with Crippen LogP contribution in [-0.4, -0.2) is 36.1 Å². The quantitative estimate of drug-likeness (QED) is 0.613. The van der Waals surface area contributed by atoms with Crippen LogP contribution in [0.5, 0.6) is 5.75 Å². The van der Waals surface area contributed by atoms with Crippen molar-refractivity contribution in [3.63, 3.8) is 0 Å². The van der Waals surface area contributed by atoms with E-state index in [1.807, 2.05) is 0 Å². The van der Waals surface area contributed by atoms with E-state index in [1.54, 1.807) is 37.3 Å². The largest absolute Gasteiger partial charge is 0.573 e. The van der Waals surface area contributed by atoms with Gasteiger partial charge in [-0.05, 0) is 24.3 Å². The number of pyridine rings is 1. The summed E-state index contributed by atoms with van der Waals surface area (Å²) < 4.78 is 41.6. The molecule has 0 radical (unpaired) electrons. The lowest BCUT2D eigenvalue weighted by Gasteiger charge is -2.13. The number of rotatable bonds is 5. The summed E-state index contributed by atoms with van der Waals surface area (Å²) in [5.74, 6) is -0.717. The van der Waals surface area contributed by atoms with Crippen molar-refractivity contribution in [2.75, 3.05) is 14.1 Å². The second-order valence-electron chi connectivity index (χ2n) is 5.10. The summed E-state index contributed by atoms with van der Waals surface area (Å²) in [5, 5.41) is 0. The van der Waals surface area contributed by atoms with Gasteiger partial charge in [0, 0.05) is 31.9 Å². The van der Waals surface area contributed by atoms with Crippen LogP contribution >= 0.6 is 0 Å². The molecule has 0 N–H and O–H groups in total. The van der Waals surface area contributed by atoms with Crippen molar-refractivity contribution >= 4 is 5.78 Å². The highest BCUT2D eigenvalue weighted by atomic mass is 19.4. The molecule has 0 saturated carbocycles. The van der Waals surface area contributed by atoms with Crippen LogP contribution < -0.4 is 4.74 Å². The zero-order valence-electron chi connectivity index (χ0n) is 13.0. The molecule has 0 bridgehead atoms. The van der Waals surface area contributed by atoms with Crippen molar-refractivity contribution in [3.8, 4) is 17.0 Å². The van der Waals surface area contributed by atoms with Gasteiger partial charge in [-0.2, -0.15) is 0 Å². The number of hydrogen-bond donors (Lipinski definition) is 0. The Kier molecular flexibility index (Phi) is 5.23. The fourth-order valence-electron chi connectivity index (χ4n) is 1.92. The summed E-state index contributed by atoms with van der Waals surface area (Å²) in [4.78, 5) is 17.9. The van der Waals surface area contributed by atoms with Crippen molar-refractivity contribution in [1.82, 2.24) is 9.88 Å². The highest BCUT2D eigenvalue weighted by Gasteiger charge is 2.32. The Balaban J connectivity index is 2.37. The van der Waals surface area contributed by atoms with Crippen LogP contribution in [0.1, 0.15) is 10.5 Å². The predicted octanol–water partition coefficient (Wildman–Crippen LogP) is 3.91. The van der Waals surface area contributed by atoms with Gasteiger partial charge >= 0.3 is 6.36 Å². The van der Waals surface area contributed by atoms with E-state index in [-0.39, 0.29) is 28.5 Å². The number of allylic oxidation sites excluding steroid dienone is 1. The first kappa shape index (κ1) is 17.5. The number of alkyl halides is 3. The lowest BCUT2D eigenvalue weighted by Crippen LogP contribution is -2.17. The number of nitrogens with zero attached hydrogens (tertiary/aromatic N) is 2. The number of carbonyl (C=O) groups is 1.